The zero-order valence-corrected chi connectivity index (χ0v) is 22.4. The van der Waals surface area contributed by atoms with Crippen molar-refractivity contribution in [1.29, 1.82) is 0 Å². The molecule has 186 valence electrons. The van der Waals surface area contributed by atoms with Crippen molar-refractivity contribution >= 4 is 39.1 Å². The average molecular weight is 508 g/mol. The van der Waals surface area contributed by atoms with E-state index >= 15 is 0 Å². The van der Waals surface area contributed by atoms with E-state index in [1.54, 1.807) is 57.2 Å². The number of aryl methyl sites for hydroxylation is 2. The highest BCUT2D eigenvalue weighted by atomic mass is 35.5. The molecule has 1 N–H and O–H groups in total. The number of rotatable bonds is 8. The predicted octanol–water partition coefficient (Wildman–Crippen LogP) is 4.05. The number of nitrogens with zero attached hydrogens (tertiary/aromatic N) is 2. The fraction of sp³-hybridized carbons (Fsp3) is 0.440. The van der Waals surface area contributed by atoms with E-state index in [-0.39, 0.29) is 12.5 Å². The van der Waals surface area contributed by atoms with Gasteiger partial charge in [-0.15, -0.1) is 0 Å². The Labute approximate surface area is 208 Å². The topological polar surface area (TPSA) is 86.8 Å². The number of hydrogen-bond acceptors (Lipinski definition) is 4. The smallest absolute Gasteiger partial charge is 0.244 e. The fourth-order valence-corrected chi connectivity index (χ4v) is 4.80. The van der Waals surface area contributed by atoms with Crippen LogP contribution in [0.2, 0.25) is 5.02 Å². The summed E-state index contributed by atoms with van der Waals surface area (Å²) in [7, 11) is -3.79. The molecule has 2 aromatic rings. The molecule has 0 fully saturated rings. The van der Waals surface area contributed by atoms with Gasteiger partial charge in [0.25, 0.3) is 0 Å². The molecule has 0 heterocycles. The monoisotopic (exact) mass is 507 g/mol. The quantitative estimate of drug-likeness (QED) is 0.583. The van der Waals surface area contributed by atoms with E-state index in [4.69, 9.17) is 11.6 Å². The van der Waals surface area contributed by atoms with Gasteiger partial charge in [0.15, 0.2) is 0 Å². The highest BCUT2D eigenvalue weighted by Gasteiger charge is 2.32. The number of sulfonamides is 1. The lowest BCUT2D eigenvalue weighted by Crippen LogP contribution is -2.54. The van der Waals surface area contributed by atoms with Gasteiger partial charge in [-0.2, -0.15) is 0 Å². The van der Waals surface area contributed by atoms with Crippen LogP contribution in [0.15, 0.2) is 42.5 Å². The van der Waals surface area contributed by atoms with E-state index in [9.17, 15) is 18.0 Å². The van der Waals surface area contributed by atoms with E-state index in [0.717, 1.165) is 21.7 Å². The van der Waals surface area contributed by atoms with E-state index in [0.29, 0.717) is 16.3 Å². The third-order valence-corrected chi connectivity index (χ3v) is 6.81. The van der Waals surface area contributed by atoms with Gasteiger partial charge in [-0.05, 0) is 64.3 Å². The molecule has 0 bridgehead atoms. The first-order valence-corrected chi connectivity index (χ1v) is 13.2. The Hall–Kier alpha value is -2.58. The van der Waals surface area contributed by atoms with Gasteiger partial charge < -0.3 is 10.2 Å². The van der Waals surface area contributed by atoms with Gasteiger partial charge in [0.2, 0.25) is 21.8 Å². The maximum absolute atomic E-state index is 13.6. The molecule has 7 nitrogen and oxygen atoms in total. The van der Waals surface area contributed by atoms with E-state index < -0.39 is 34.1 Å². The number of hydrogen-bond donors (Lipinski definition) is 1. The molecule has 34 heavy (non-hydrogen) atoms. The molecular formula is C25H34ClN3O4S. The average Bonchev–Trinajstić information content (AvgIpc) is 2.69. The van der Waals surface area contributed by atoms with E-state index in [2.05, 4.69) is 5.32 Å². The molecule has 0 aliphatic rings. The number of halogens is 1. The third-order valence-electron chi connectivity index (χ3n) is 5.33. The van der Waals surface area contributed by atoms with Crippen LogP contribution < -0.4 is 9.62 Å². The van der Waals surface area contributed by atoms with Crippen molar-refractivity contribution in [1.82, 2.24) is 10.2 Å². The Morgan fingerprint density at radius 1 is 1.03 bits per heavy atom. The van der Waals surface area contributed by atoms with Crippen molar-refractivity contribution < 1.29 is 18.0 Å². The summed E-state index contributed by atoms with van der Waals surface area (Å²) in [6.07, 6.45) is 1.07. The van der Waals surface area contributed by atoms with Crippen LogP contribution in [0.4, 0.5) is 5.69 Å². The minimum Gasteiger partial charge on any atom is -0.350 e. The second-order valence-electron chi connectivity index (χ2n) is 9.54. The predicted molar refractivity (Wildman–Crippen MR) is 137 cm³/mol. The third kappa shape index (κ3) is 7.21. The van der Waals surface area contributed by atoms with Gasteiger partial charge in [-0.1, -0.05) is 48.0 Å². The number of para-hydroxylation sites is 1. The summed E-state index contributed by atoms with van der Waals surface area (Å²) in [6.45, 7) is 10.4. The van der Waals surface area contributed by atoms with Crippen LogP contribution in [0.1, 0.15) is 44.4 Å². The molecule has 1 atom stereocenters. The zero-order chi connectivity index (χ0) is 25.8. The second kappa shape index (κ2) is 10.8. The molecular weight excluding hydrogens is 474 g/mol. The lowest BCUT2D eigenvalue weighted by Gasteiger charge is -2.34. The van der Waals surface area contributed by atoms with Crippen molar-refractivity contribution in [3.05, 3.63) is 64.2 Å². The van der Waals surface area contributed by atoms with Crippen LogP contribution in [0.3, 0.4) is 0 Å². The number of carbonyl (C=O) groups is 2. The summed E-state index contributed by atoms with van der Waals surface area (Å²) in [4.78, 5) is 28.0. The minimum atomic E-state index is -3.79. The molecule has 2 rings (SSSR count). The van der Waals surface area contributed by atoms with Gasteiger partial charge in [0.1, 0.15) is 12.6 Å². The highest BCUT2D eigenvalue weighted by molar-refractivity contribution is 7.92. The van der Waals surface area contributed by atoms with Gasteiger partial charge in [-0.25, -0.2) is 8.42 Å². The number of nitrogens with one attached hydrogen (secondary N) is 1. The lowest BCUT2D eigenvalue weighted by molar-refractivity contribution is -0.140. The molecule has 0 aliphatic carbocycles. The summed E-state index contributed by atoms with van der Waals surface area (Å²) < 4.78 is 26.6. The van der Waals surface area contributed by atoms with Crippen molar-refractivity contribution in [3.63, 3.8) is 0 Å². The molecule has 0 saturated heterocycles. The molecule has 0 saturated carbocycles. The maximum Gasteiger partial charge on any atom is 0.244 e. The summed E-state index contributed by atoms with van der Waals surface area (Å²) >= 11 is 6.33. The summed E-state index contributed by atoms with van der Waals surface area (Å²) in [6, 6.07) is 11.6. The van der Waals surface area contributed by atoms with Crippen molar-refractivity contribution in [2.45, 2.75) is 59.7 Å². The Morgan fingerprint density at radius 2 is 1.59 bits per heavy atom. The number of anilines is 1. The Bertz CT molecular complexity index is 1140. The standard InChI is InChI=1S/C25H34ClN3O4S/c1-17-11-10-12-18(2)23(17)29(34(7,32)33)16-22(30)28(15-20-13-8-9-14-21(20)26)19(3)24(31)27-25(4,5)6/h8-14,19H,15-16H2,1-7H3,(H,27,31)/t19-/m0/s1. The molecule has 9 heteroatoms. The first-order chi connectivity index (χ1) is 15.6. The number of amides is 2. The lowest BCUT2D eigenvalue weighted by atomic mass is 10.1. The van der Waals surface area contributed by atoms with Gasteiger partial charge >= 0.3 is 0 Å². The van der Waals surface area contributed by atoms with Crippen LogP contribution in [0.5, 0.6) is 0 Å². The Balaban J connectivity index is 2.48. The van der Waals surface area contributed by atoms with Crippen LogP contribution in [0.25, 0.3) is 0 Å². The fourth-order valence-electron chi connectivity index (χ4n) is 3.64. The zero-order valence-electron chi connectivity index (χ0n) is 20.8. The van der Waals surface area contributed by atoms with Gasteiger partial charge in [-0.3, -0.25) is 13.9 Å². The molecule has 0 aromatic heterocycles. The van der Waals surface area contributed by atoms with Crippen molar-refractivity contribution in [3.8, 4) is 0 Å². The first-order valence-electron chi connectivity index (χ1n) is 11.0. The number of benzene rings is 2. The molecule has 0 unspecified atom stereocenters. The largest absolute Gasteiger partial charge is 0.350 e. The minimum absolute atomic E-state index is 0.0571. The summed E-state index contributed by atoms with van der Waals surface area (Å²) in [5.74, 6) is -0.851. The molecule has 0 aliphatic heterocycles. The van der Waals surface area contributed by atoms with Crippen molar-refractivity contribution in [2.24, 2.45) is 0 Å². The maximum atomic E-state index is 13.6. The molecule has 0 radical (unpaired) electrons. The molecule has 0 spiro atoms. The van der Waals surface area contributed by atoms with Crippen LogP contribution in [0, 0.1) is 13.8 Å². The van der Waals surface area contributed by atoms with Gasteiger partial charge in [0, 0.05) is 17.1 Å². The highest BCUT2D eigenvalue weighted by Crippen LogP contribution is 2.27. The second-order valence-corrected chi connectivity index (χ2v) is 11.9. The summed E-state index contributed by atoms with van der Waals surface area (Å²) in [5, 5.41) is 3.35. The Kier molecular flexibility index (Phi) is 8.77. The first kappa shape index (κ1) is 27.7. The van der Waals surface area contributed by atoms with Crippen LogP contribution >= 0.6 is 11.6 Å². The van der Waals surface area contributed by atoms with Crippen LogP contribution in [-0.4, -0.2) is 49.5 Å². The SMILES string of the molecule is Cc1cccc(C)c1N(CC(=O)N(Cc1ccccc1Cl)[C@@H](C)C(=O)NC(C)(C)C)S(C)(=O)=O. The molecule has 2 amide bonds. The normalized spacial score (nSPS) is 12.7. The summed E-state index contributed by atoms with van der Waals surface area (Å²) in [5.41, 5.74) is 2.08. The Morgan fingerprint density at radius 3 is 2.09 bits per heavy atom. The van der Waals surface area contributed by atoms with E-state index in [1.807, 2.05) is 26.8 Å². The van der Waals surface area contributed by atoms with E-state index in [1.165, 1.54) is 4.90 Å². The molecule has 2 aromatic carbocycles. The van der Waals surface area contributed by atoms with Crippen LogP contribution in [-0.2, 0) is 26.2 Å². The van der Waals surface area contributed by atoms with Gasteiger partial charge in [0.05, 0.1) is 11.9 Å². The van der Waals surface area contributed by atoms with Crippen molar-refractivity contribution in [2.75, 3.05) is 17.1 Å². The number of carbonyl (C=O) groups excluding carboxylic acids is 2.